The van der Waals surface area contributed by atoms with Crippen molar-refractivity contribution in [3.63, 3.8) is 0 Å². The van der Waals surface area contributed by atoms with E-state index in [1.54, 1.807) is 24.5 Å². The summed E-state index contributed by atoms with van der Waals surface area (Å²) in [6, 6.07) is 16.8. The molecule has 0 spiro atoms. The van der Waals surface area contributed by atoms with E-state index in [1.807, 2.05) is 42.5 Å². The number of rotatable bonds is 2. The number of fused-ring (bicyclic) bond motifs is 1. The average Bonchev–Trinajstić information content (AvgIpc) is 2.84. The molecule has 0 saturated heterocycles. The van der Waals surface area contributed by atoms with E-state index in [0.29, 0.717) is 17.0 Å². The molecule has 0 unspecified atom stereocenters. The summed E-state index contributed by atoms with van der Waals surface area (Å²) in [7, 11) is 0. The summed E-state index contributed by atoms with van der Waals surface area (Å²) >= 11 is 6.08. The van der Waals surface area contributed by atoms with Crippen molar-refractivity contribution >= 4 is 34.4 Å². The predicted octanol–water partition coefficient (Wildman–Crippen LogP) is 5.09. The molecule has 0 saturated carbocycles. The highest BCUT2D eigenvalue weighted by Crippen LogP contribution is 2.35. The summed E-state index contributed by atoms with van der Waals surface area (Å²) in [4.78, 5) is 13.6. The molecule has 1 aromatic heterocycles. The number of aliphatic imine (C=N–C) groups is 2. The van der Waals surface area contributed by atoms with Crippen LogP contribution in [-0.4, -0.2) is 21.5 Å². The lowest BCUT2D eigenvalue weighted by Gasteiger charge is -2.10. The number of phenolic OH excluding ortho intramolecular Hbond substituents is 1. The first-order chi connectivity index (χ1) is 12.2. The monoisotopic (exact) mass is 347 g/mol. The zero-order valence-corrected chi connectivity index (χ0v) is 14.0. The highest BCUT2D eigenvalue weighted by Gasteiger charge is 2.19. The van der Waals surface area contributed by atoms with Crippen LogP contribution in [-0.2, 0) is 0 Å². The first-order valence-electron chi connectivity index (χ1n) is 7.85. The van der Waals surface area contributed by atoms with Crippen molar-refractivity contribution in [2.45, 2.75) is 6.42 Å². The first-order valence-corrected chi connectivity index (χ1v) is 8.22. The van der Waals surface area contributed by atoms with Gasteiger partial charge in [-0.05, 0) is 42.0 Å². The molecule has 0 atom stereocenters. The molecule has 25 heavy (non-hydrogen) atoms. The van der Waals surface area contributed by atoms with Gasteiger partial charge < -0.3 is 5.11 Å². The van der Waals surface area contributed by atoms with Crippen molar-refractivity contribution in [1.82, 2.24) is 4.98 Å². The fourth-order valence-electron chi connectivity index (χ4n) is 2.80. The van der Waals surface area contributed by atoms with E-state index in [-0.39, 0.29) is 5.75 Å². The maximum absolute atomic E-state index is 10.4. The molecule has 3 aromatic rings. The van der Waals surface area contributed by atoms with Crippen LogP contribution in [0.25, 0.3) is 0 Å². The van der Waals surface area contributed by atoms with Gasteiger partial charge in [0.25, 0.3) is 0 Å². The van der Waals surface area contributed by atoms with E-state index in [2.05, 4.69) is 4.98 Å². The molecule has 4 nitrogen and oxygen atoms in total. The van der Waals surface area contributed by atoms with Crippen LogP contribution in [0.3, 0.4) is 0 Å². The maximum Gasteiger partial charge on any atom is 0.143 e. The number of hydrogen-bond donors (Lipinski definition) is 1. The van der Waals surface area contributed by atoms with Crippen molar-refractivity contribution < 1.29 is 5.11 Å². The number of aromatic hydroxyl groups is 1. The topological polar surface area (TPSA) is 57.8 Å². The van der Waals surface area contributed by atoms with Crippen molar-refractivity contribution in [2.24, 2.45) is 9.98 Å². The molecule has 0 amide bonds. The molecule has 2 heterocycles. The van der Waals surface area contributed by atoms with E-state index in [4.69, 9.17) is 21.6 Å². The van der Waals surface area contributed by atoms with Crippen molar-refractivity contribution in [1.29, 1.82) is 0 Å². The summed E-state index contributed by atoms with van der Waals surface area (Å²) in [6.07, 6.45) is 3.96. The Bertz CT molecular complexity index is 997. The SMILES string of the molecule is Oc1c(Cl)cccc1C1=Nc2ccccc2N=C(c2ccncc2)C1. The molecule has 2 aromatic carbocycles. The van der Waals surface area contributed by atoms with Crippen LogP contribution in [0.5, 0.6) is 5.75 Å². The predicted molar refractivity (Wildman–Crippen MR) is 101 cm³/mol. The molecular weight excluding hydrogens is 334 g/mol. The van der Waals surface area contributed by atoms with Crippen molar-refractivity contribution in [3.8, 4) is 5.75 Å². The van der Waals surface area contributed by atoms with E-state index in [0.717, 1.165) is 28.4 Å². The van der Waals surface area contributed by atoms with Gasteiger partial charge in [-0.15, -0.1) is 0 Å². The summed E-state index contributed by atoms with van der Waals surface area (Å²) in [5, 5.41) is 10.7. The highest BCUT2D eigenvalue weighted by molar-refractivity contribution is 6.33. The minimum atomic E-state index is 0.0383. The standard InChI is InChI=1S/C20H14ClN3O/c21-15-5-3-4-14(20(15)25)19-12-18(13-8-10-22-11-9-13)23-16-6-1-2-7-17(16)24-19/h1-11,25H,12H2. The van der Waals surface area contributed by atoms with Crippen LogP contribution in [0.1, 0.15) is 17.5 Å². The second-order valence-corrected chi connectivity index (χ2v) is 6.06. The van der Waals surface area contributed by atoms with Crippen LogP contribution in [0, 0.1) is 0 Å². The Hall–Kier alpha value is -2.98. The van der Waals surface area contributed by atoms with E-state index in [1.165, 1.54) is 0 Å². The lowest BCUT2D eigenvalue weighted by Crippen LogP contribution is -2.10. The van der Waals surface area contributed by atoms with E-state index in [9.17, 15) is 5.11 Å². The third-order valence-electron chi connectivity index (χ3n) is 4.04. The minimum Gasteiger partial charge on any atom is -0.506 e. The Kier molecular flexibility index (Phi) is 4.04. The van der Waals surface area contributed by atoms with Crippen molar-refractivity contribution in [3.05, 3.63) is 83.1 Å². The molecule has 4 rings (SSSR count). The molecule has 0 fully saturated rings. The van der Waals surface area contributed by atoms with Crippen LogP contribution in [0.15, 0.2) is 77.0 Å². The van der Waals surface area contributed by atoms with E-state index < -0.39 is 0 Å². The lowest BCUT2D eigenvalue weighted by atomic mass is 10.00. The molecule has 5 heteroatoms. The normalized spacial score (nSPS) is 13.5. The smallest absolute Gasteiger partial charge is 0.143 e. The Morgan fingerprint density at radius 1 is 0.800 bits per heavy atom. The van der Waals surface area contributed by atoms with Gasteiger partial charge in [-0.25, -0.2) is 0 Å². The van der Waals surface area contributed by atoms with Crippen molar-refractivity contribution in [2.75, 3.05) is 0 Å². The van der Waals surface area contributed by atoms with Crippen LogP contribution in [0.4, 0.5) is 11.4 Å². The minimum absolute atomic E-state index is 0.0383. The highest BCUT2D eigenvalue weighted by atomic mass is 35.5. The van der Waals surface area contributed by atoms with Gasteiger partial charge in [-0.2, -0.15) is 0 Å². The Balaban J connectivity index is 1.90. The number of pyridine rings is 1. The first kappa shape index (κ1) is 15.5. The fraction of sp³-hybridized carbons (Fsp3) is 0.0500. The molecule has 1 aliphatic rings. The number of phenols is 1. The largest absolute Gasteiger partial charge is 0.506 e. The van der Waals surface area contributed by atoms with Gasteiger partial charge in [0.05, 0.1) is 27.8 Å². The van der Waals surface area contributed by atoms with Gasteiger partial charge in [0.15, 0.2) is 0 Å². The zero-order chi connectivity index (χ0) is 17.2. The van der Waals surface area contributed by atoms with E-state index >= 15 is 0 Å². The number of halogens is 1. The number of benzene rings is 2. The second-order valence-electron chi connectivity index (χ2n) is 5.65. The quantitative estimate of drug-likeness (QED) is 0.702. The zero-order valence-electron chi connectivity index (χ0n) is 13.2. The molecule has 1 aliphatic heterocycles. The fourth-order valence-corrected chi connectivity index (χ4v) is 2.97. The summed E-state index contributed by atoms with van der Waals surface area (Å²) in [6.45, 7) is 0. The molecule has 122 valence electrons. The van der Waals surface area contributed by atoms with Gasteiger partial charge in [-0.3, -0.25) is 15.0 Å². The van der Waals surface area contributed by atoms with Gasteiger partial charge >= 0.3 is 0 Å². The summed E-state index contributed by atoms with van der Waals surface area (Å²) < 4.78 is 0. The molecule has 0 radical (unpaired) electrons. The Labute approximate surface area is 150 Å². The Morgan fingerprint density at radius 2 is 1.48 bits per heavy atom. The molecule has 0 bridgehead atoms. The van der Waals surface area contributed by atoms with Gasteiger partial charge in [0, 0.05) is 24.4 Å². The average molecular weight is 348 g/mol. The number of hydrogen-bond acceptors (Lipinski definition) is 4. The number of aromatic nitrogens is 1. The lowest BCUT2D eigenvalue weighted by molar-refractivity contribution is 0.474. The third-order valence-corrected chi connectivity index (χ3v) is 4.34. The maximum atomic E-state index is 10.4. The second kappa shape index (κ2) is 6.49. The van der Waals surface area contributed by atoms with Gasteiger partial charge in [0.1, 0.15) is 5.75 Å². The number of para-hydroxylation sites is 3. The van der Waals surface area contributed by atoms with Crippen LogP contribution in [0.2, 0.25) is 5.02 Å². The molecule has 1 N–H and O–H groups in total. The number of nitrogens with zero attached hydrogens (tertiary/aromatic N) is 3. The Morgan fingerprint density at radius 3 is 2.20 bits per heavy atom. The summed E-state index contributed by atoms with van der Waals surface area (Å²) in [5.74, 6) is 0.0383. The van der Waals surface area contributed by atoms with Gasteiger partial charge in [-0.1, -0.05) is 29.8 Å². The molecule has 0 aliphatic carbocycles. The molecular formula is C20H14ClN3O. The van der Waals surface area contributed by atoms with Crippen LogP contribution >= 0.6 is 11.6 Å². The third kappa shape index (κ3) is 3.04. The van der Waals surface area contributed by atoms with Crippen LogP contribution < -0.4 is 0 Å². The summed E-state index contributed by atoms with van der Waals surface area (Å²) in [5.41, 5.74) is 4.74. The van der Waals surface area contributed by atoms with Gasteiger partial charge in [0.2, 0.25) is 0 Å².